The van der Waals surface area contributed by atoms with Crippen LogP contribution in [0.4, 0.5) is 5.69 Å². The van der Waals surface area contributed by atoms with E-state index in [-0.39, 0.29) is 30.2 Å². The van der Waals surface area contributed by atoms with E-state index in [1.54, 1.807) is 11.0 Å². The van der Waals surface area contributed by atoms with E-state index in [2.05, 4.69) is 15.5 Å². The summed E-state index contributed by atoms with van der Waals surface area (Å²) in [6.07, 6.45) is 0.226. The van der Waals surface area contributed by atoms with Crippen LogP contribution >= 0.6 is 0 Å². The van der Waals surface area contributed by atoms with Gasteiger partial charge in [0.25, 0.3) is 5.89 Å². The molecule has 0 spiro atoms. The number of rotatable bonds is 5. The first kappa shape index (κ1) is 19.8. The number of carbonyl (C=O) groups is 2. The lowest BCUT2D eigenvalue weighted by atomic mass is 10.1. The second-order valence-corrected chi connectivity index (χ2v) is 7.86. The smallest absolute Gasteiger partial charge is 0.260 e. The fourth-order valence-electron chi connectivity index (χ4n) is 3.57. The standard InChI is InChI=1S/C23H24N4O3/c1-14(2)27-13-17(12-20(27)28)22(29)24-19-7-5-4-6-18(19)23-25-21(26-30-23)16-10-8-15(3)9-11-16/h4-11,14,17H,12-13H2,1-3H3,(H,24,29)/t17-/m1/s1. The topological polar surface area (TPSA) is 88.3 Å². The average Bonchev–Trinajstić information content (AvgIpc) is 3.36. The van der Waals surface area contributed by atoms with Gasteiger partial charge in [-0.15, -0.1) is 0 Å². The third kappa shape index (κ3) is 3.96. The molecule has 2 heterocycles. The molecule has 0 aliphatic carbocycles. The predicted octanol–water partition coefficient (Wildman–Crippen LogP) is 3.91. The molecule has 0 saturated carbocycles. The lowest BCUT2D eigenvalue weighted by molar-refractivity contribution is -0.129. The minimum atomic E-state index is -0.376. The molecule has 1 aliphatic heterocycles. The molecule has 2 aromatic carbocycles. The Bertz CT molecular complexity index is 1070. The molecule has 0 radical (unpaired) electrons. The Hall–Kier alpha value is -3.48. The zero-order chi connectivity index (χ0) is 21.3. The van der Waals surface area contributed by atoms with Gasteiger partial charge in [-0.05, 0) is 32.9 Å². The zero-order valence-electron chi connectivity index (χ0n) is 17.3. The Morgan fingerprint density at radius 2 is 1.90 bits per heavy atom. The van der Waals surface area contributed by atoms with Crippen molar-refractivity contribution in [3.63, 3.8) is 0 Å². The van der Waals surface area contributed by atoms with E-state index in [9.17, 15) is 9.59 Å². The molecule has 2 amide bonds. The first-order chi connectivity index (χ1) is 14.4. The number of likely N-dealkylation sites (tertiary alicyclic amines) is 1. The molecule has 3 aromatic rings. The summed E-state index contributed by atoms with van der Waals surface area (Å²) >= 11 is 0. The minimum Gasteiger partial charge on any atom is -0.339 e. The molecule has 7 heteroatoms. The summed E-state index contributed by atoms with van der Waals surface area (Å²) in [6.45, 7) is 6.36. The highest BCUT2D eigenvalue weighted by atomic mass is 16.5. The Morgan fingerprint density at radius 3 is 2.60 bits per heavy atom. The Balaban J connectivity index is 1.54. The maximum Gasteiger partial charge on any atom is 0.260 e. The summed E-state index contributed by atoms with van der Waals surface area (Å²) in [5, 5.41) is 7.02. The van der Waals surface area contributed by atoms with Crippen LogP contribution in [0, 0.1) is 12.8 Å². The van der Waals surface area contributed by atoms with Gasteiger partial charge in [-0.3, -0.25) is 9.59 Å². The van der Waals surface area contributed by atoms with Crippen LogP contribution in [0.15, 0.2) is 53.1 Å². The fourth-order valence-corrected chi connectivity index (χ4v) is 3.57. The highest BCUT2D eigenvalue weighted by molar-refractivity contribution is 5.99. The van der Waals surface area contributed by atoms with E-state index < -0.39 is 0 Å². The molecule has 1 fully saturated rings. The number of nitrogens with zero attached hydrogens (tertiary/aromatic N) is 3. The molecule has 0 bridgehead atoms. The van der Waals surface area contributed by atoms with Crippen LogP contribution < -0.4 is 5.32 Å². The van der Waals surface area contributed by atoms with Crippen molar-refractivity contribution >= 4 is 17.5 Å². The number of hydrogen-bond donors (Lipinski definition) is 1. The number of carbonyl (C=O) groups excluding carboxylic acids is 2. The summed E-state index contributed by atoms with van der Waals surface area (Å²) in [6, 6.07) is 15.2. The molecule has 0 unspecified atom stereocenters. The largest absolute Gasteiger partial charge is 0.339 e. The molecule has 4 rings (SSSR count). The predicted molar refractivity (Wildman–Crippen MR) is 113 cm³/mol. The van der Waals surface area contributed by atoms with Gasteiger partial charge in [-0.2, -0.15) is 4.98 Å². The lowest BCUT2D eigenvalue weighted by Crippen LogP contribution is -2.33. The molecular weight excluding hydrogens is 380 g/mol. The Morgan fingerprint density at radius 1 is 1.17 bits per heavy atom. The van der Waals surface area contributed by atoms with Crippen molar-refractivity contribution in [2.75, 3.05) is 11.9 Å². The van der Waals surface area contributed by atoms with Gasteiger partial charge < -0.3 is 14.7 Å². The number of aromatic nitrogens is 2. The summed E-state index contributed by atoms with van der Waals surface area (Å²) < 4.78 is 5.47. The van der Waals surface area contributed by atoms with Crippen LogP contribution in [0.3, 0.4) is 0 Å². The molecule has 1 saturated heterocycles. The highest BCUT2D eigenvalue weighted by Gasteiger charge is 2.35. The molecule has 1 aliphatic rings. The number of hydrogen-bond acceptors (Lipinski definition) is 5. The number of benzene rings is 2. The SMILES string of the molecule is Cc1ccc(-c2noc(-c3ccccc3NC(=O)[C@@H]3CC(=O)N(C(C)C)C3)n2)cc1. The molecule has 154 valence electrons. The third-order valence-corrected chi connectivity index (χ3v) is 5.30. The number of aryl methyl sites for hydroxylation is 1. The molecule has 1 N–H and O–H groups in total. The van der Waals surface area contributed by atoms with Crippen LogP contribution in [0.5, 0.6) is 0 Å². The van der Waals surface area contributed by atoms with Gasteiger partial charge in [0.1, 0.15) is 0 Å². The van der Waals surface area contributed by atoms with E-state index in [0.717, 1.165) is 11.1 Å². The van der Waals surface area contributed by atoms with Gasteiger partial charge in [-0.1, -0.05) is 47.1 Å². The first-order valence-corrected chi connectivity index (χ1v) is 10.0. The van der Waals surface area contributed by atoms with Gasteiger partial charge in [0.05, 0.1) is 17.2 Å². The van der Waals surface area contributed by atoms with E-state index >= 15 is 0 Å². The molecule has 1 atom stereocenters. The number of anilines is 1. The van der Waals surface area contributed by atoms with Crippen molar-refractivity contribution in [2.24, 2.45) is 5.92 Å². The van der Waals surface area contributed by atoms with Crippen LogP contribution in [-0.2, 0) is 9.59 Å². The molecular formula is C23H24N4O3. The van der Waals surface area contributed by atoms with E-state index in [0.29, 0.717) is 29.5 Å². The van der Waals surface area contributed by atoms with Crippen molar-refractivity contribution < 1.29 is 14.1 Å². The second kappa shape index (κ2) is 8.10. The van der Waals surface area contributed by atoms with Gasteiger partial charge in [0.15, 0.2) is 0 Å². The van der Waals surface area contributed by atoms with Gasteiger partial charge in [0, 0.05) is 24.6 Å². The normalized spacial score (nSPS) is 16.3. The first-order valence-electron chi connectivity index (χ1n) is 10.0. The van der Waals surface area contributed by atoms with Crippen LogP contribution in [0.1, 0.15) is 25.8 Å². The van der Waals surface area contributed by atoms with Crippen molar-refractivity contribution in [2.45, 2.75) is 33.2 Å². The van der Waals surface area contributed by atoms with Crippen molar-refractivity contribution in [1.29, 1.82) is 0 Å². The van der Waals surface area contributed by atoms with Gasteiger partial charge >= 0.3 is 0 Å². The molecule has 30 heavy (non-hydrogen) atoms. The average molecular weight is 404 g/mol. The van der Waals surface area contributed by atoms with Crippen molar-refractivity contribution in [1.82, 2.24) is 15.0 Å². The van der Waals surface area contributed by atoms with E-state index in [1.165, 1.54) is 0 Å². The summed E-state index contributed by atoms with van der Waals surface area (Å²) in [5.41, 5.74) is 3.23. The van der Waals surface area contributed by atoms with E-state index in [4.69, 9.17) is 4.52 Å². The van der Waals surface area contributed by atoms with Crippen molar-refractivity contribution in [3.05, 3.63) is 54.1 Å². The highest BCUT2D eigenvalue weighted by Crippen LogP contribution is 2.30. The van der Waals surface area contributed by atoms with Crippen molar-refractivity contribution in [3.8, 4) is 22.8 Å². The van der Waals surface area contributed by atoms with Crippen LogP contribution in [-0.4, -0.2) is 39.4 Å². The summed E-state index contributed by atoms with van der Waals surface area (Å²) in [7, 11) is 0. The van der Waals surface area contributed by atoms with E-state index in [1.807, 2.05) is 63.2 Å². The summed E-state index contributed by atoms with van der Waals surface area (Å²) in [4.78, 5) is 31.2. The number of para-hydroxylation sites is 1. The monoisotopic (exact) mass is 404 g/mol. The Labute approximate surface area is 175 Å². The molecule has 7 nitrogen and oxygen atoms in total. The van der Waals surface area contributed by atoms with Crippen LogP contribution in [0.2, 0.25) is 0 Å². The quantitative estimate of drug-likeness (QED) is 0.697. The zero-order valence-corrected chi connectivity index (χ0v) is 17.3. The van der Waals surface area contributed by atoms with Crippen LogP contribution in [0.25, 0.3) is 22.8 Å². The minimum absolute atomic E-state index is 0.0121. The Kier molecular flexibility index (Phi) is 5.35. The van der Waals surface area contributed by atoms with Gasteiger partial charge in [-0.25, -0.2) is 0 Å². The number of amides is 2. The number of nitrogens with one attached hydrogen (secondary N) is 1. The van der Waals surface area contributed by atoms with Gasteiger partial charge in [0.2, 0.25) is 17.6 Å². The maximum atomic E-state index is 12.8. The lowest BCUT2D eigenvalue weighted by Gasteiger charge is -2.20. The fraction of sp³-hybridized carbons (Fsp3) is 0.304. The maximum absolute atomic E-state index is 12.8. The second-order valence-electron chi connectivity index (χ2n) is 7.86. The summed E-state index contributed by atoms with van der Waals surface area (Å²) in [5.74, 6) is 0.266. The third-order valence-electron chi connectivity index (χ3n) is 5.30. The molecule has 1 aromatic heterocycles.